The maximum atomic E-state index is 5.38. The van der Waals surface area contributed by atoms with Crippen molar-refractivity contribution in [3.63, 3.8) is 0 Å². The molecule has 0 fully saturated rings. The predicted octanol–water partition coefficient (Wildman–Crippen LogP) is 2.59. The first-order valence-corrected chi connectivity index (χ1v) is 7.00. The fraction of sp³-hybridized carbons (Fsp3) is 0.467. The molecular formula is C15H22N4O. The van der Waals surface area contributed by atoms with Crippen molar-refractivity contribution >= 4 is 5.82 Å². The molecule has 0 aliphatic heterocycles. The van der Waals surface area contributed by atoms with E-state index in [-0.39, 0.29) is 0 Å². The number of furan rings is 1. The van der Waals surface area contributed by atoms with E-state index < -0.39 is 0 Å². The Kier molecular flexibility index (Phi) is 5.12. The van der Waals surface area contributed by atoms with Gasteiger partial charge in [-0.15, -0.1) is 0 Å². The van der Waals surface area contributed by atoms with Gasteiger partial charge in [0.1, 0.15) is 11.6 Å². The molecule has 0 saturated carbocycles. The number of nitrogens with zero attached hydrogens (tertiary/aromatic N) is 3. The highest BCUT2D eigenvalue weighted by Crippen LogP contribution is 2.13. The van der Waals surface area contributed by atoms with Gasteiger partial charge in [-0.05, 0) is 19.1 Å². The summed E-state index contributed by atoms with van der Waals surface area (Å²) in [6.07, 6.45) is 5.34. The van der Waals surface area contributed by atoms with Crippen LogP contribution in [0.1, 0.15) is 32.2 Å². The number of anilines is 1. The highest BCUT2D eigenvalue weighted by atomic mass is 16.3. The Balaban J connectivity index is 1.99. The van der Waals surface area contributed by atoms with Crippen LogP contribution in [0.5, 0.6) is 0 Å². The molecular weight excluding hydrogens is 252 g/mol. The first-order valence-electron chi connectivity index (χ1n) is 7.00. The minimum absolute atomic E-state index is 0.447. The maximum Gasteiger partial charge on any atom is 0.147 e. The normalized spacial score (nSPS) is 11.0. The lowest BCUT2D eigenvalue weighted by atomic mass is 10.3. The monoisotopic (exact) mass is 274 g/mol. The summed E-state index contributed by atoms with van der Waals surface area (Å²) < 4.78 is 5.38. The highest BCUT2D eigenvalue weighted by molar-refractivity contribution is 5.36. The van der Waals surface area contributed by atoms with Crippen molar-refractivity contribution in [2.45, 2.75) is 39.9 Å². The zero-order chi connectivity index (χ0) is 14.4. The van der Waals surface area contributed by atoms with Gasteiger partial charge in [-0.2, -0.15) is 0 Å². The van der Waals surface area contributed by atoms with Gasteiger partial charge in [0, 0.05) is 19.1 Å². The van der Waals surface area contributed by atoms with E-state index >= 15 is 0 Å². The van der Waals surface area contributed by atoms with Crippen LogP contribution >= 0.6 is 0 Å². The minimum atomic E-state index is 0.447. The maximum absolute atomic E-state index is 5.38. The van der Waals surface area contributed by atoms with Crippen molar-refractivity contribution < 1.29 is 4.42 Å². The predicted molar refractivity (Wildman–Crippen MR) is 79.4 cm³/mol. The fourth-order valence-corrected chi connectivity index (χ4v) is 1.86. The quantitative estimate of drug-likeness (QED) is 0.841. The summed E-state index contributed by atoms with van der Waals surface area (Å²) in [5.74, 6) is 1.80. The van der Waals surface area contributed by atoms with Gasteiger partial charge in [-0.1, -0.05) is 13.8 Å². The van der Waals surface area contributed by atoms with E-state index in [2.05, 4.69) is 41.0 Å². The van der Waals surface area contributed by atoms with Crippen molar-refractivity contribution in [3.8, 4) is 0 Å². The van der Waals surface area contributed by atoms with Gasteiger partial charge in [0.05, 0.1) is 30.9 Å². The highest BCUT2D eigenvalue weighted by Gasteiger charge is 2.09. The molecule has 0 aliphatic rings. The summed E-state index contributed by atoms with van der Waals surface area (Å²) in [6.45, 7) is 8.64. The van der Waals surface area contributed by atoms with Crippen molar-refractivity contribution in [3.05, 3.63) is 42.2 Å². The van der Waals surface area contributed by atoms with Gasteiger partial charge >= 0.3 is 0 Å². The molecule has 0 spiro atoms. The summed E-state index contributed by atoms with van der Waals surface area (Å²) >= 11 is 0. The summed E-state index contributed by atoms with van der Waals surface area (Å²) in [7, 11) is 0. The Morgan fingerprint density at radius 3 is 2.70 bits per heavy atom. The van der Waals surface area contributed by atoms with Crippen LogP contribution in [0.15, 0.2) is 35.2 Å². The summed E-state index contributed by atoms with van der Waals surface area (Å²) in [5, 5.41) is 3.33. The Morgan fingerprint density at radius 2 is 2.15 bits per heavy atom. The molecule has 0 bridgehead atoms. The van der Waals surface area contributed by atoms with E-state index in [0.29, 0.717) is 12.6 Å². The molecule has 2 aromatic heterocycles. The third-order valence-corrected chi connectivity index (χ3v) is 3.02. The molecule has 0 radical (unpaired) electrons. The molecule has 1 N–H and O–H groups in total. The average molecular weight is 274 g/mol. The van der Waals surface area contributed by atoms with Gasteiger partial charge in [-0.25, -0.2) is 4.98 Å². The SMILES string of the molecule is CCN(Cc1ccco1)c1cnc(CNC(C)C)cn1. The lowest BCUT2D eigenvalue weighted by Gasteiger charge is -2.20. The number of hydrogen-bond acceptors (Lipinski definition) is 5. The van der Waals surface area contributed by atoms with E-state index in [1.165, 1.54) is 0 Å². The van der Waals surface area contributed by atoms with E-state index in [0.717, 1.165) is 30.4 Å². The van der Waals surface area contributed by atoms with Crippen LogP contribution in [-0.2, 0) is 13.1 Å². The summed E-state index contributed by atoms with van der Waals surface area (Å²) in [5.41, 5.74) is 0.955. The lowest BCUT2D eigenvalue weighted by molar-refractivity contribution is 0.502. The number of nitrogens with one attached hydrogen (secondary N) is 1. The van der Waals surface area contributed by atoms with Gasteiger partial charge in [0.25, 0.3) is 0 Å². The van der Waals surface area contributed by atoms with E-state index in [1.54, 1.807) is 6.26 Å². The first kappa shape index (κ1) is 14.5. The third-order valence-electron chi connectivity index (χ3n) is 3.02. The largest absolute Gasteiger partial charge is 0.467 e. The average Bonchev–Trinajstić information content (AvgIpc) is 2.96. The van der Waals surface area contributed by atoms with Crippen molar-refractivity contribution in [2.24, 2.45) is 0 Å². The first-order chi connectivity index (χ1) is 9.69. The molecule has 0 unspecified atom stereocenters. The van der Waals surface area contributed by atoms with Crippen LogP contribution < -0.4 is 10.2 Å². The zero-order valence-corrected chi connectivity index (χ0v) is 12.3. The van der Waals surface area contributed by atoms with Gasteiger partial charge in [-0.3, -0.25) is 4.98 Å². The van der Waals surface area contributed by atoms with Gasteiger partial charge < -0.3 is 14.6 Å². The van der Waals surface area contributed by atoms with Crippen LogP contribution in [0.2, 0.25) is 0 Å². The molecule has 2 heterocycles. The molecule has 5 heteroatoms. The second kappa shape index (κ2) is 7.05. The smallest absolute Gasteiger partial charge is 0.147 e. The topological polar surface area (TPSA) is 54.2 Å². The molecule has 20 heavy (non-hydrogen) atoms. The number of hydrogen-bond donors (Lipinski definition) is 1. The second-order valence-electron chi connectivity index (χ2n) is 5.00. The molecule has 0 saturated heterocycles. The third kappa shape index (κ3) is 4.06. The van der Waals surface area contributed by atoms with Crippen LogP contribution in [-0.4, -0.2) is 22.6 Å². The zero-order valence-electron chi connectivity index (χ0n) is 12.3. The van der Waals surface area contributed by atoms with Crippen LogP contribution in [0.25, 0.3) is 0 Å². The molecule has 2 aromatic rings. The standard InChI is InChI=1S/C15H22N4O/c1-4-19(11-14-6-5-7-20-14)15-10-17-13(9-18-15)8-16-12(2)3/h5-7,9-10,12,16H,4,8,11H2,1-3H3. The van der Waals surface area contributed by atoms with Crippen LogP contribution in [0, 0.1) is 0 Å². The van der Waals surface area contributed by atoms with Crippen LogP contribution in [0.4, 0.5) is 5.82 Å². The number of rotatable bonds is 7. The molecule has 0 amide bonds. The van der Waals surface area contributed by atoms with E-state index in [9.17, 15) is 0 Å². The van der Waals surface area contributed by atoms with Crippen LogP contribution in [0.3, 0.4) is 0 Å². The molecule has 5 nitrogen and oxygen atoms in total. The van der Waals surface area contributed by atoms with Crippen molar-refractivity contribution in [1.82, 2.24) is 15.3 Å². The summed E-state index contributed by atoms with van der Waals surface area (Å²) in [6, 6.07) is 4.31. The molecule has 2 rings (SSSR count). The Hall–Kier alpha value is -1.88. The molecule has 0 aromatic carbocycles. The van der Waals surface area contributed by atoms with Gasteiger partial charge in [0.2, 0.25) is 0 Å². The van der Waals surface area contributed by atoms with E-state index in [1.807, 2.05) is 24.5 Å². The Morgan fingerprint density at radius 1 is 1.30 bits per heavy atom. The number of aromatic nitrogens is 2. The summed E-state index contributed by atoms with van der Waals surface area (Å²) in [4.78, 5) is 11.1. The second-order valence-corrected chi connectivity index (χ2v) is 5.00. The Labute approximate surface area is 120 Å². The lowest BCUT2D eigenvalue weighted by Crippen LogP contribution is -2.24. The van der Waals surface area contributed by atoms with Crippen molar-refractivity contribution in [2.75, 3.05) is 11.4 Å². The molecule has 0 atom stereocenters. The van der Waals surface area contributed by atoms with E-state index in [4.69, 9.17) is 4.42 Å². The molecule has 108 valence electrons. The minimum Gasteiger partial charge on any atom is -0.467 e. The fourth-order valence-electron chi connectivity index (χ4n) is 1.86. The van der Waals surface area contributed by atoms with Gasteiger partial charge in [0.15, 0.2) is 0 Å². The van der Waals surface area contributed by atoms with Crippen molar-refractivity contribution in [1.29, 1.82) is 0 Å². The Bertz CT molecular complexity index is 493. The molecule has 0 aliphatic carbocycles.